The largest absolute Gasteiger partial charge is 0.312 e. The zero-order chi connectivity index (χ0) is 18.8. The van der Waals surface area contributed by atoms with Gasteiger partial charge in [0.15, 0.2) is 0 Å². The molecule has 2 aromatic carbocycles. The number of amides is 1. The SMILES string of the molecule is CC(C)(Cc1ccccc1)NS(=O)(=O)c1ccc(N2CCCC2=O)cc1. The van der Waals surface area contributed by atoms with E-state index in [1.54, 1.807) is 29.2 Å². The summed E-state index contributed by atoms with van der Waals surface area (Å²) in [5.41, 5.74) is 1.20. The van der Waals surface area contributed by atoms with Crippen LogP contribution in [-0.2, 0) is 21.2 Å². The molecule has 1 N–H and O–H groups in total. The molecule has 1 aliphatic heterocycles. The van der Waals surface area contributed by atoms with Crippen LogP contribution in [0.15, 0.2) is 59.5 Å². The van der Waals surface area contributed by atoms with Gasteiger partial charge in [-0.05, 0) is 56.5 Å². The van der Waals surface area contributed by atoms with E-state index in [-0.39, 0.29) is 10.8 Å². The van der Waals surface area contributed by atoms with E-state index >= 15 is 0 Å². The van der Waals surface area contributed by atoms with Gasteiger partial charge in [-0.25, -0.2) is 13.1 Å². The number of nitrogens with zero attached hydrogens (tertiary/aromatic N) is 1. The Morgan fingerprint density at radius 3 is 2.27 bits per heavy atom. The molecule has 6 heteroatoms. The van der Waals surface area contributed by atoms with Crippen LogP contribution in [0, 0.1) is 0 Å². The van der Waals surface area contributed by atoms with Gasteiger partial charge >= 0.3 is 0 Å². The van der Waals surface area contributed by atoms with Crippen LogP contribution in [-0.4, -0.2) is 26.4 Å². The molecule has 1 saturated heterocycles. The molecule has 1 amide bonds. The average molecular weight is 372 g/mol. The molecule has 0 atom stereocenters. The minimum atomic E-state index is -3.65. The highest BCUT2D eigenvalue weighted by Crippen LogP contribution is 2.24. The zero-order valence-corrected chi connectivity index (χ0v) is 15.9. The Bertz CT molecular complexity index is 875. The monoisotopic (exact) mass is 372 g/mol. The summed E-state index contributed by atoms with van der Waals surface area (Å²) in [6, 6.07) is 16.3. The quantitative estimate of drug-likeness (QED) is 0.847. The number of rotatable bonds is 6. The second-order valence-corrected chi connectivity index (χ2v) is 8.98. The Morgan fingerprint density at radius 2 is 1.69 bits per heavy atom. The van der Waals surface area contributed by atoms with Gasteiger partial charge in [-0.2, -0.15) is 0 Å². The van der Waals surface area contributed by atoms with Crippen LogP contribution in [0.5, 0.6) is 0 Å². The number of anilines is 1. The van der Waals surface area contributed by atoms with Crippen molar-refractivity contribution < 1.29 is 13.2 Å². The maximum atomic E-state index is 12.7. The third-order valence-corrected chi connectivity index (χ3v) is 6.15. The zero-order valence-electron chi connectivity index (χ0n) is 15.1. The molecule has 0 bridgehead atoms. The van der Waals surface area contributed by atoms with Gasteiger partial charge in [-0.1, -0.05) is 30.3 Å². The summed E-state index contributed by atoms with van der Waals surface area (Å²) >= 11 is 0. The predicted octanol–water partition coefficient (Wildman–Crippen LogP) is 3.11. The molecule has 3 rings (SSSR count). The van der Waals surface area contributed by atoms with Gasteiger partial charge in [0.05, 0.1) is 4.90 Å². The number of benzene rings is 2. The minimum Gasteiger partial charge on any atom is -0.312 e. The number of carbonyl (C=O) groups is 1. The van der Waals surface area contributed by atoms with E-state index in [0.29, 0.717) is 19.4 Å². The first-order chi connectivity index (χ1) is 12.3. The van der Waals surface area contributed by atoms with Crippen molar-refractivity contribution in [3.05, 3.63) is 60.2 Å². The van der Waals surface area contributed by atoms with Crippen molar-refractivity contribution in [1.82, 2.24) is 4.72 Å². The lowest BCUT2D eigenvalue weighted by Gasteiger charge is -2.26. The van der Waals surface area contributed by atoms with E-state index in [1.165, 1.54) is 0 Å². The summed E-state index contributed by atoms with van der Waals surface area (Å²) in [6.07, 6.45) is 1.98. The summed E-state index contributed by atoms with van der Waals surface area (Å²) in [4.78, 5) is 13.7. The molecule has 1 heterocycles. The van der Waals surface area contributed by atoms with Crippen LogP contribution in [0.25, 0.3) is 0 Å². The molecule has 5 nitrogen and oxygen atoms in total. The molecule has 138 valence electrons. The van der Waals surface area contributed by atoms with Crippen molar-refractivity contribution >= 4 is 21.6 Å². The molecule has 2 aromatic rings. The van der Waals surface area contributed by atoms with Crippen molar-refractivity contribution in [2.24, 2.45) is 0 Å². The summed E-state index contributed by atoms with van der Waals surface area (Å²) < 4.78 is 28.3. The second kappa shape index (κ2) is 7.21. The van der Waals surface area contributed by atoms with Gasteiger partial charge < -0.3 is 4.90 Å². The molecular weight excluding hydrogens is 348 g/mol. The first kappa shape index (κ1) is 18.6. The van der Waals surface area contributed by atoms with Crippen molar-refractivity contribution in [2.75, 3.05) is 11.4 Å². The van der Waals surface area contributed by atoms with Crippen molar-refractivity contribution in [3.63, 3.8) is 0 Å². The van der Waals surface area contributed by atoms with Crippen molar-refractivity contribution in [2.45, 2.75) is 43.5 Å². The molecule has 1 aliphatic rings. The predicted molar refractivity (Wildman–Crippen MR) is 103 cm³/mol. The highest BCUT2D eigenvalue weighted by atomic mass is 32.2. The molecule has 0 unspecified atom stereocenters. The normalized spacial score (nSPS) is 15.5. The van der Waals surface area contributed by atoms with Gasteiger partial charge in [0.1, 0.15) is 0 Å². The minimum absolute atomic E-state index is 0.0859. The van der Waals surface area contributed by atoms with E-state index in [2.05, 4.69) is 4.72 Å². The summed E-state index contributed by atoms with van der Waals surface area (Å²) in [5, 5.41) is 0. The Labute approximate surface area is 155 Å². The molecule has 0 spiro atoms. The van der Waals surface area contributed by atoms with Crippen molar-refractivity contribution in [1.29, 1.82) is 0 Å². The summed E-state index contributed by atoms with van der Waals surface area (Å²) in [5.74, 6) is 0.0859. The Hall–Kier alpha value is -2.18. The third kappa shape index (κ3) is 4.31. The van der Waals surface area contributed by atoms with E-state index < -0.39 is 15.6 Å². The molecule has 0 saturated carbocycles. The Morgan fingerprint density at radius 1 is 1.04 bits per heavy atom. The van der Waals surface area contributed by atoms with Gasteiger partial charge in [-0.15, -0.1) is 0 Å². The number of hydrogen-bond acceptors (Lipinski definition) is 3. The summed E-state index contributed by atoms with van der Waals surface area (Å²) in [7, 11) is -3.65. The van der Waals surface area contributed by atoms with Gasteiger partial charge in [0.2, 0.25) is 15.9 Å². The molecule has 0 radical (unpaired) electrons. The second-order valence-electron chi connectivity index (χ2n) is 7.29. The van der Waals surface area contributed by atoms with Gasteiger partial charge in [0, 0.05) is 24.2 Å². The smallest absolute Gasteiger partial charge is 0.241 e. The van der Waals surface area contributed by atoms with Crippen molar-refractivity contribution in [3.8, 4) is 0 Å². The lowest BCUT2D eigenvalue weighted by molar-refractivity contribution is -0.117. The van der Waals surface area contributed by atoms with Gasteiger partial charge in [-0.3, -0.25) is 4.79 Å². The molecular formula is C20H24N2O3S. The Balaban J connectivity index is 1.74. The van der Waals surface area contributed by atoms with Crippen LogP contribution in [0.3, 0.4) is 0 Å². The van der Waals surface area contributed by atoms with E-state index in [1.807, 2.05) is 44.2 Å². The maximum Gasteiger partial charge on any atom is 0.241 e. The number of sulfonamides is 1. The van der Waals surface area contributed by atoms with Crippen LogP contribution in [0.2, 0.25) is 0 Å². The lowest BCUT2D eigenvalue weighted by atomic mass is 9.96. The van der Waals surface area contributed by atoms with E-state index in [0.717, 1.165) is 17.7 Å². The van der Waals surface area contributed by atoms with E-state index in [9.17, 15) is 13.2 Å². The lowest BCUT2D eigenvalue weighted by Crippen LogP contribution is -2.44. The third-order valence-electron chi connectivity index (χ3n) is 4.43. The number of nitrogens with one attached hydrogen (secondary N) is 1. The molecule has 1 fully saturated rings. The fourth-order valence-electron chi connectivity index (χ4n) is 3.29. The summed E-state index contributed by atoms with van der Waals surface area (Å²) in [6.45, 7) is 4.43. The standard InChI is InChI=1S/C20H24N2O3S/c1-20(2,15-16-7-4-3-5-8-16)21-26(24,25)18-12-10-17(11-13-18)22-14-6-9-19(22)23/h3-5,7-8,10-13,21H,6,9,14-15H2,1-2H3. The van der Waals surface area contributed by atoms with Gasteiger partial charge in [0.25, 0.3) is 0 Å². The maximum absolute atomic E-state index is 12.7. The first-order valence-electron chi connectivity index (χ1n) is 8.75. The molecule has 0 aromatic heterocycles. The molecule has 0 aliphatic carbocycles. The first-order valence-corrected chi connectivity index (χ1v) is 10.2. The average Bonchev–Trinajstić information content (AvgIpc) is 3.00. The number of hydrogen-bond donors (Lipinski definition) is 1. The Kier molecular flexibility index (Phi) is 5.16. The molecule has 26 heavy (non-hydrogen) atoms. The van der Waals surface area contributed by atoms with Crippen LogP contribution in [0.1, 0.15) is 32.3 Å². The highest BCUT2D eigenvalue weighted by molar-refractivity contribution is 7.89. The topological polar surface area (TPSA) is 66.5 Å². The van der Waals surface area contributed by atoms with Crippen LogP contribution < -0.4 is 9.62 Å². The fraction of sp³-hybridized carbons (Fsp3) is 0.350. The number of carbonyl (C=O) groups excluding carboxylic acids is 1. The van der Waals surface area contributed by atoms with Crippen LogP contribution in [0.4, 0.5) is 5.69 Å². The highest BCUT2D eigenvalue weighted by Gasteiger charge is 2.27. The fourth-order valence-corrected chi connectivity index (χ4v) is 4.70. The van der Waals surface area contributed by atoms with Crippen LogP contribution >= 0.6 is 0 Å². The van der Waals surface area contributed by atoms with E-state index in [4.69, 9.17) is 0 Å².